The number of amides is 2. The number of pyridine rings is 1. The summed E-state index contributed by atoms with van der Waals surface area (Å²) in [5.74, 6) is 0.623. The van der Waals surface area contributed by atoms with Crippen LogP contribution < -0.4 is 5.32 Å². The molecule has 0 radical (unpaired) electrons. The highest BCUT2D eigenvalue weighted by atomic mass is 16.5. The Morgan fingerprint density at radius 2 is 2.10 bits per heavy atom. The first-order chi connectivity index (χ1) is 14.6. The third-order valence-corrected chi connectivity index (χ3v) is 6.83. The average molecular weight is 417 g/mol. The maximum atomic E-state index is 13.1. The molecule has 1 aromatic rings. The number of carbonyl (C=O) groups is 2. The van der Waals surface area contributed by atoms with Crippen molar-refractivity contribution < 1.29 is 19.4 Å². The number of carbonyl (C=O) groups excluding carboxylic acids is 2. The molecular weight excluding hydrogens is 384 g/mol. The lowest BCUT2D eigenvalue weighted by molar-refractivity contribution is -0.126. The van der Waals surface area contributed by atoms with Crippen molar-refractivity contribution in [2.24, 2.45) is 11.8 Å². The van der Waals surface area contributed by atoms with Crippen LogP contribution in [0.15, 0.2) is 18.5 Å². The minimum Gasteiger partial charge on any atom is -0.506 e. The van der Waals surface area contributed by atoms with Gasteiger partial charge < -0.3 is 20.1 Å². The highest BCUT2D eigenvalue weighted by Gasteiger charge is 2.47. The van der Waals surface area contributed by atoms with Gasteiger partial charge in [0, 0.05) is 44.5 Å². The minimum atomic E-state index is -0.0814. The molecule has 3 fully saturated rings. The van der Waals surface area contributed by atoms with E-state index >= 15 is 0 Å². The topological polar surface area (TPSA) is 95.0 Å². The van der Waals surface area contributed by atoms with Crippen molar-refractivity contribution in [2.45, 2.75) is 44.7 Å². The molecule has 4 rings (SSSR count). The SMILES string of the molecule is CCOCC(=O)NC[C@H]1[C@H]2C[C@H](CN(C(=O)c3cncc(O)c3)C2)[C@@H]2CCCCN21. The Kier molecular flexibility index (Phi) is 6.53. The van der Waals surface area contributed by atoms with Gasteiger partial charge in [0.15, 0.2) is 0 Å². The number of ether oxygens (including phenoxy) is 1. The Hall–Kier alpha value is -2.19. The molecule has 3 aliphatic heterocycles. The second-order valence-corrected chi connectivity index (χ2v) is 8.71. The van der Waals surface area contributed by atoms with Gasteiger partial charge in [-0.05, 0) is 50.6 Å². The molecule has 0 unspecified atom stereocenters. The fraction of sp³-hybridized carbons (Fsp3) is 0.682. The second kappa shape index (κ2) is 9.31. The zero-order valence-electron chi connectivity index (χ0n) is 17.6. The van der Waals surface area contributed by atoms with Crippen molar-refractivity contribution >= 4 is 11.8 Å². The number of hydrogen-bond acceptors (Lipinski definition) is 6. The summed E-state index contributed by atoms with van der Waals surface area (Å²) in [6.45, 7) is 5.56. The van der Waals surface area contributed by atoms with Crippen molar-refractivity contribution in [2.75, 3.05) is 39.4 Å². The summed E-state index contributed by atoms with van der Waals surface area (Å²) >= 11 is 0. The minimum absolute atomic E-state index is 0.00592. The molecule has 0 spiro atoms. The van der Waals surface area contributed by atoms with E-state index in [0.717, 1.165) is 25.9 Å². The van der Waals surface area contributed by atoms with Crippen molar-refractivity contribution in [3.8, 4) is 5.75 Å². The number of piperidine rings is 3. The number of aromatic nitrogens is 1. The van der Waals surface area contributed by atoms with E-state index in [1.165, 1.54) is 31.3 Å². The van der Waals surface area contributed by atoms with Crippen LogP contribution in [0.2, 0.25) is 0 Å². The maximum absolute atomic E-state index is 13.1. The molecule has 0 saturated carbocycles. The van der Waals surface area contributed by atoms with Gasteiger partial charge in [0.05, 0.1) is 11.8 Å². The Morgan fingerprint density at radius 1 is 1.27 bits per heavy atom. The summed E-state index contributed by atoms with van der Waals surface area (Å²) < 4.78 is 5.23. The summed E-state index contributed by atoms with van der Waals surface area (Å²) in [6.07, 6.45) is 7.51. The van der Waals surface area contributed by atoms with Gasteiger partial charge in [-0.25, -0.2) is 0 Å². The monoisotopic (exact) mass is 416 g/mol. The number of nitrogens with zero attached hydrogens (tertiary/aromatic N) is 3. The Labute approximate surface area is 177 Å². The van der Waals surface area contributed by atoms with Crippen LogP contribution in [0.4, 0.5) is 0 Å². The van der Waals surface area contributed by atoms with Crippen LogP contribution in [-0.4, -0.2) is 83.2 Å². The van der Waals surface area contributed by atoms with E-state index in [9.17, 15) is 14.7 Å². The van der Waals surface area contributed by atoms with E-state index in [-0.39, 0.29) is 30.2 Å². The summed E-state index contributed by atoms with van der Waals surface area (Å²) in [6, 6.07) is 2.18. The van der Waals surface area contributed by atoms with Crippen molar-refractivity contribution in [3.05, 3.63) is 24.0 Å². The van der Waals surface area contributed by atoms with Crippen LogP contribution >= 0.6 is 0 Å². The van der Waals surface area contributed by atoms with Crippen LogP contribution in [0.5, 0.6) is 5.75 Å². The number of fused-ring (bicyclic) bond motifs is 4. The maximum Gasteiger partial charge on any atom is 0.255 e. The molecule has 3 saturated heterocycles. The smallest absolute Gasteiger partial charge is 0.255 e. The first kappa shape index (κ1) is 21.1. The van der Waals surface area contributed by atoms with Gasteiger partial charge in [-0.1, -0.05) is 6.42 Å². The molecule has 0 aromatic carbocycles. The number of hydrogen-bond donors (Lipinski definition) is 2. The standard InChI is InChI=1S/C22H32N4O4/c1-2-30-14-21(28)24-11-20-17-7-16(19-5-3-4-6-26(19)20)12-25(13-17)22(29)15-8-18(27)10-23-9-15/h8-10,16-17,19-20,27H,2-7,11-14H2,1H3,(H,24,28)/t16-,17+,19+,20+/m1/s1. The van der Waals surface area contributed by atoms with Crippen LogP contribution in [0.3, 0.4) is 0 Å². The lowest BCUT2D eigenvalue weighted by Crippen LogP contribution is -2.66. The van der Waals surface area contributed by atoms with E-state index in [4.69, 9.17) is 4.74 Å². The van der Waals surface area contributed by atoms with E-state index < -0.39 is 0 Å². The van der Waals surface area contributed by atoms with Crippen LogP contribution in [-0.2, 0) is 9.53 Å². The predicted octanol–water partition coefficient (Wildman–Crippen LogP) is 1.25. The number of likely N-dealkylation sites (tertiary alicyclic amines) is 1. The normalized spacial score (nSPS) is 28.6. The lowest BCUT2D eigenvalue weighted by Gasteiger charge is -2.56. The zero-order valence-corrected chi connectivity index (χ0v) is 17.6. The fourth-order valence-electron chi connectivity index (χ4n) is 5.55. The second-order valence-electron chi connectivity index (χ2n) is 8.71. The molecule has 2 bridgehead atoms. The van der Waals surface area contributed by atoms with E-state index in [1.54, 1.807) is 0 Å². The number of aromatic hydroxyl groups is 1. The fourth-order valence-corrected chi connectivity index (χ4v) is 5.55. The van der Waals surface area contributed by atoms with Crippen LogP contribution in [0.1, 0.15) is 43.0 Å². The highest BCUT2D eigenvalue weighted by molar-refractivity contribution is 5.94. The molecule has 8 nitrogen and oxygen atoms in total. The lowest BCUT2D eigenvalue weighted by atomic mass is 9.72. The van der Waals surface area contributed by atoms with Crippen molar-refractivity contribution in [3.63, 3.8) is 0 Å². The van der Waals surface area contributed by atoms with E-state index in [2.05, 4.69) is 15.2 Å². The summed E-state index contributed by atoms with van der Waals surface area (Å²) in [7, 11) is 0. The van der Waals surface area contributed by atoms with Crippen molar-refractivity contribution in [1.82, 2.24) is 20.1 Å². The van der Waals surface area contributed by atoms with Gasteiger partial charge in [0.25, 0.3) is 5.91 Å². The summed E-state index contributed by atoms with van der Waals surface area (Å²) in [5, 5.41) is 12.8. The predicted molar refractivity (Wildman–Crippen MR) is 111 cm³/mol. The molecule has 4 atom stereocenters. The van der Waals surface area contributed by atoms with Gasteiger partial charge >= 0.3 is 0 Å². The van der Waals surface area contributed by atoms with E-state index in [1.807, 2.05) is 11.8 Å². The molecule has 0 aliphatic carbocycles. The molecule has 8 heteroatoms. The quantitative estimate of drug-likeness (QED) is 0.725. The molecule has 4 heterocycles. The first-order valence-electron chi connectivity index (χ1n) is 11.1. The van der Waals surface area contributed by atoms with Gasteiger partial charge in [-0.15, -0.1) is 0 Å². The Balaban J connectivity index is 1.49. The Morgan fingerprint density at radius 3 is 2.90 bits per heavy atom. The number of rotatable bonds is 6. The third kappa shape index (κ3) is 4.44. The largest absolute Gasteiger partial charge is 0.506 e. The molecular formula is C22H32N4O4. The van der Waals surface area contributed by atoms with Crippen molar-refractivity contribution in [1.29, 1.82) is 0 Å². The third-order valence-electron chi connectivity index (χ3n) is 6.83. The van der Waals surface area contributed by atoms with Gasteiger partial charge in [0.1, 0.15) is 12.4 Å². The average Bonchev–Trinajstić information content (AvgIpc) is 2.77. The van der Waals surface area contributed by atoms with Gasteiger partial charge in [-0.3, -0.25) is 19.5 Å². The van der Waals surface area contributed by atoms with Gasteiger partial charge in [-0.2, -0.15) is 0 Å². The Bertz CT molecular complexity index is 773. The molecule has 2 amide bonds. The molecule has 3 aliphatic rings. The molecule has 164 valence electrons. The molecule has 30 heavy (non-hydrogen) atoms. The summed E-state index contributed by atoms with van der Waals surface area (Å²) in [5.41, 5.74) is 0.428. The van der Waals surface area contributed by atoms with Crippen LogP contribution in [0.25, 0.3) is 0 Å². The molecule has 1 aromatic heterocycles. The van der Waals surface area contributed by atoms with Crippen LogP contribution in [0, 0.1) is 11.8 Å². The summed E-state index contributed by atoms with van der Waals surface area (Å²) in [4.78, 5) is 33.7. The first-order valence-corrected chi connectivity index (χ1v) is 11.1. The highest BCUT2D eigenvalue weighted by Crippen LogP contribution is 2.41. The van der Waals surface area contributed by atoms with Gasteiger partial charge in [0.2, 0.25) is 5.91 Å². The number of nitrogens with one attached hydrogen (secondary N) is 1. The molecule has 2 N–H and O–H groups in total. The van der Waals surface area contributed by atoms with E-state index in [0.29, 0.717) is 43.1 Å². The zero-order chi connectivity index (χ0) is 21.1.